The number of phenols is 1. The Bertz CT molecular complexity index is 1310. The van der Waals surface area contributed by atoms with Crippen molar-refractivity contribution in [2.75, 3.05) is 19.9 Å². The van der Waals surface area contributed by atoms with Gasteiger partial charge in [0.05, 0.1) is 16.0 Å². The molecule has 13 heteroatoms. The van der Waals surface area contributed by atoms with E-state index in [1.165, 1.54) is 31.6 Å². The second-order valence-corrected chi connectivity index (χ2v) is 11.5. The molecule has 1 saturated heterocycles. The van der Waals surface area contributed by atoms with E-state index in [0.29, 0.717) is 18.4 Å². The maximum atomic E-state index is 14.6. The van der Waals surface area contributed by atoms with Crippen molar-refractivity contribution in [3.63, 3.8) is 0 Å². The third-order valence-corrected chi connectivity index (χ3v) is 8.02. The van der Waals surface area contributed by atoms with E-state index in [2.05, 4.69) is 25.9 Å². The number of ether oxygens (including phenoxy) is 1. The van der Waals surface area contributed by atoms with E-state index in [9.17, 15) is 27.5 Å². The molecule has 2 amide bonds. The Morgan fingerprint density at radius 2 is 1.97 bits per heavy atom. The van der Waals surface area contributed by atoms with E-state index in [-0.39, 0.29) is 32.5 Å². The zero-order valence-electron chi connectivity index (χ0n) is 17.3. The standard InChI is InChI=1S/C20H17BrFN3O6S2/c1-25-17(27)13(32-19(25)28)6-10-5-12(16(26)15(22)14(10)21)31-9-20(3-4-20)11-7-23-18(24-8-11)33(2,29)30/h5-8,26H,3-4,9H2,1-2H3/b13-6-. The predicted octanol–water partition coefficient (Wildman–Crippen LogP) is 3.26. The highest BCUT2D eigenvalue weighted by molar-refractivity contribution is 9.10. The van der Waals surface area contributed by atoms with Gasteiger partial charge in [-0.3, -0.25) is 14.5 Å². The molecule has 174 valence electrons. The number of thioether (sulfide) groups is 1. The minimum atomic E-state index is -3.53. The fraction of sp³-hybridized carbons (Fsp3) is 0.300. The quantitative estimate of drug-likeness (QED) is 0.420. The minimum absolute atomic E-state index is 0.0636. The topological polar surface area (TPSA) is 127 Å². The summed E-state index contributed by atoms with van der Waals surface area (Å²) in [6.07, 6.45) is 6.64. The fourth-order valence-electron chi connectivity index (χ4n) is 3.18. The number of hydrogen-bond acceptors (Lipinski definition) is 9. The number of amides is 2. The third-order valence-electron chi connectivity index (χ3n) is 5.38. The second-order valence-electron chi connectivity index (χ2n) is 7.78. The van der Waals surface area contributed by atoms with Crippen LogP contribution in [0.25, 0.3) is 6.08 Å². The summed E-state index contributed by atoms with van der Waals surface area (Å²) >= 11 is 3.79. The summed E-state index contributed by atoms with van der Waals surface area (Å²) in [5.74, 6) is -2.33. The van der Waals surface area contributed by atoms with Gasteiger partial charge in [0, 0.05) is 31.1 Å². The highest BCUT2D eigenvalue weighted by atomic mass is 79.9. The van der Waals surface area contributed by atoms with E-state index in [4.69, 9.17) is 4.74 Å². The number of carbonyl (C=O) groups excluding carboxylic acids is 2. The summed E-state index contributed by atoms with van der Waals surface area (Å²) in [5, 5.41) is 9.51. The smallest absolute Gasteiger partial charge is 0.293 e. The summed E-state index contributed by atoms with van der Waals surface area (Å²) in [4.78, 5) is 32.7. The number of rotatable bonds is 6. The number of hydrogen-bond donors (Lipinski definition) is 1. The van der Waals surface area contributed by atoms with Gasteiger partial charge in [-0.2, -0.15) is 0 Å². The Morgan fingerprint density at radius 1 is 1.33 bits per heavy atom. The molecule has 0 spiro atoms. The number of carbonyl (C=O) groups is 2. The third kappa shape index (κ3) is 4.49. The van der Waals surface area contributed by atoms with Crippen molar-refractivity contribution < 1.29 is 32.2 Å². The highest BCUT2D eigenvalue weighted by Crippen LogP contribution is 2.49. The van der Waals surface area contributed by atoms with Crippen molar-refractivity contribution in [2.24, 2.45) is 0 Å². The van der Waals surface area contributed by atoms with E-state index < -0.39 is 38.0 Å². The monoisotopic (exact) mass is 557 g/mol. The van der Waals surface area contributed by atoms with Gasteiger partial charge in [-0.15, -0.1) is 0 Å². The molecule has 1 aromatic carbocycles. The lowest BCUT2D eigenvalue weighted by Gasteiger charge is -2.18. The van der Waals surface area contributed by atoms with Crippen LogP contribution in [0.4, 0.5) is 9.18 Å². The normalized spacial score (nSPS) is 18.8. The summed E-state index contributed by atoms with van der Waals surface area (Å²) in [7, 11) is -2.18. The van der Waals surface area contributed by atoms with Gasteiger partial charge in [0.15, 0.2) is 17.3 Å². The fourth-order valence-corrected chi connectivity index (χ4v) is 4.90. The van der Waals surface area contributed by atoms with Gasteiger partial charge >= 0.3 is 0 Å². The molecule has 9 nitrogen and oxygen atoms in total. The first kappa shape index (κ1) is 23.6. The van der Waals surface area contributed by atoms with E-state index >= 15 is 0 Å². The lowest BCUT2D eigenvalue weighted by Crippen LogP contribution is -2.22. The number of benzene rings is 1. The van der Waals surface area contributed by atoms with Gasteiger partial charge < -0.3 is 9.84 Å². The van der Waals surface area contributed by atoms with Crippen molar-refractivity contribution >= 4 is 54.8 Å². The Balaban J connectivity index is 1.59. The van der Waals surface area contributed by atoms with Crippen LogP contribution in [0.1, 0.15) is 24.0 Å². The van der Waals surface area contributed by atoms with E-state index in [1.807, 2.05) is 0 Å². The number of phenolic OH excluding ortho intramolecular Hbond substituents is 1. The molecule has 0 atom stereocenters. The molecule has 0 radical (unpaired) electrons. The molecule has 33 heavy (non-hydrogen) atoms. The Hall–Kier alpha value is -2.51. The van der Waals surface area contributed by atoms with Crippen molar-refractivity contribution in [3.8, 4) is 11.5 Å². The lowest BCUT2D eigenvalue weighted by atomic mass is 10.0. The Labute approximate surface area is 201 Å². The number of sulfone groups is 1. The largest absolute Gasteiger partial charge is 0.502 e. The molecule has 2 fully saturated rings. The first-order valence-corrected chi connectivity index (χ1v) is 13.0. The molecule has 1 N–H and O–H groups in total. The average Bonchev–Trinajstić information content (AvgIpc) is 3.53. The second kappa shape index (κ2) is 8.37. The maximum Gasteiger partial charge on any atom is 0.293 e. The molecule has 2 heterocycles. The predicted molar refractivity (Wildman–Crippen MR) is 121 cm³/mol. The molecule has 2 aliphatic rings. The summed E-state index contributed by atoms with van der Waals surface area (Å²) in [6.45, 7) is 0.0636. The van der Waals surface area contributed by atoms with Gasteiger partial charge in [0.1, 0.15) is 0 Å². The molecule has 4 rings (SSSR count). The van der Waals surface area contributed by atoms with Crippen molar-refractivity contribution in [1.29, 1.82) is 0 Å². The number of aromatic hydroxyl groups is 1. The van der Waals surface area contributed by atoms with Crippen molar-refractivity contribution in [1.82, 2.24) is 14.9 Å². The molecule has 1 aromatic heterocycles. The number of nitrogens with zero attached hydrogens (tertiary/aromatic N) is 3. The molecule has 2 aromatic rings. The van der Waals surface area contributed by atoms with Crippen molar-refractivity contribution in [3.05, 3.63) is 44.8 Å². The first-order chi connectivity index (χ1) is 15.4. The zero-order valence-corrected chi connectivity index (χ0v) is 20.6. The summed E-state index contributed by atoms with van der Waals surface area (Å²) in [6, 6.07) is 1.37. The van der Waals surface area contributed by atoms with E-state index in [1.54, 1.807) is 0 Å². The SMILES string of the molecule is CN1C(=O)S/C(=C\c2cc(OCC3(c4cnc(S(C)(=O)=O)nc4)CC3)c(O)c(F)c2Br)C1=O. The van der Waals surface area contributed by atoms with Crippen LogP contribution in [0.3, 0.4) is 0 Å². The van der Waals surface area contributed by atoms with Crippen LogP contribution in [0.15, 0.2) is 33.0 Å². The Morgan fingerprint density at radius 3 is 2.48 bits per heavy atom. The van der Waals surface area contributed by atoms with Crippen LogP contribution in [0.2, 0.25) is 0 Å². The number of aromatic nitrogens is 2. The molecule has 0 unspecified atom stereocenters. The van der Waals surface area contributed by atoms with Crippen LogP contribution in [0.5, 0.6) is 11.5 Å². The minimum Gasteiger partial charge on any atom is -0.502 e. The summed E-state index contributed by atoms with van der Waals surface area (Å²) in [5.41, 5.74) is 0.394. The van der Waals surface area contributed by atoms with Crippen LogP contribution in [-0.4, -0.2) is 59.4 Å². The van der Waals surface area contributed by atoms with Crippen LogP contribution < -0.4 is 4.74 Å². The number of halogens is 2. The Kier molecular flexibility index (Phi) is 5.99. The van der Waals surface area contributed by atoms with Crippen LogP contribution in [0, 0.1) is 5.82 Å². The first-order valence-electron chi connectivity index (χ1n) is 9.51. The van der Waals surface area contributed by atoms with Gasteiger partial charge in [-0.25, -0.2) is 22.8 Å². The molecule has 1 saturated carbocycles. The molecule has 1 aliphatic carbocycles. The summed E-state index contributed by atoms with van der Waals surface area (Å²) < 4.78 is 43.4. The number of imide groups is 1. The average molecular weight is 558 g/mol. The van der Waals surface area contributed by atoms with Gasteiger partial charge in [0.2, 0.25) is 15.0 Å². The number of likely N-dealkylation sites (N-methyl/N-ethyl adjacent to an activating group) is 1. The molecule has 1 aliphatic heterocycles. The maximum absolute atomic E-state index is 14.6. The van der Waals surface area contributed by atoms with E-state index in [0.717, 1.165) is 22.9 Å². The molecular weight excluding hydrogens is 541 g/mol. The molecule has 0 bridgehead atoms. The van der Waals surface area contributed by atoms with Gasteiger partial charge in [-0.1, -0.05) is 0 Å². The zero-order chi connectivity index (χ0) is 24.1. The van der Waals surface area contributed by atoms with Crippen LogP contribution in [-0.2, 0) is 20.0 Å². The highest BCUT2D eigenvalue weighted by Gasteiger charge is 2.46. The van der Waals surface area contributed by atoms with Crippen LogP contribution >= 0.6 is 27.7 Å². The lowest BCUT2D eigenvalue weighted by molar-refractivity contribution is -0.121. The van der Waals surface area contributed by atoms with Gasteiger partial charge in [-0.05, 0) is 63.8 Å². The van der Waals surface area contributed by atoms with Crippen molar-refractivity contribution in [2.45, 2.75) is 23.4 Å². The molecular formula is C20H17BrFN3O6S2. The van der Waals surface area contributed by atoms with Gasteiger partial charge in [0.25, 0.3) is 11.1 Å².